The van der Waals surface area contributed by atoms with E-state index in [4.69, 9.17) is 17.1 Å². The molecular weight excluding hydrogens is 286 g/mol. The number of rotatable bonds is 5. The Morgan fingerprint density at radius 3 is 2.37 bits per heavy atom. The van der Waals surface area contributed by atoms with Crippen molar-refractivity contribution in [1.82, 2.24) is 4.90 Å². The standard InChI is InChI=1S/C13H14ClNO3S/c1-3-9-15(10-4-2)13(16)11-5-7-12(8-6-11)19(14,17)18/h1,5-8H,4,9-10H2,2H3. The van der Waals surface area contributed by atoms with E-state index >= 15 is 0 Å². The molecule has 1 aromatic carbocycles. The minimum Gasteiger partial charge on any atom is -0.328 e. The molecule has 0 atom stereocenters. The second-order valence-corrected chi connectivity index (χ2v) is 6.46. The molecule has 6 heteroatoms. The minimum absolute atomic E-state index is 0.0373. The Labute approximate surface area is 117 Å². The van der Waals surface area contributed by atoms with Gasteiger partial charge in [0.15, 0.2) is 0 Å². The third-order valence-electron chi connectivity index (χ3n) is 2.45. The predicted molar refractivity (Wildman–Crippen MR) is 74.5 cm³/mol. The molecule has 0 radical (unpaired) electrons. The summed E-state index contributed by atoms with van der Waals surface area (Å²) in [6, 6.07) is 5.46. The van der Waals surface area contributed by atoms with E-state index in [2.05, 4.69) is 5.92 Å². The van der Waals surface area contributed by atoms with Gasteiger partial charge in [-0.25, -0.2) is 8.42 Å². The van der Waals surface area contributed by atoms with Gasteiger partial charge in [-0.05, 0) is 30.7 Å². The lowest BCUT2D eigenvalue weighted by Gasteiger charge is -2.19. The zero-order chi connectivity index (χ0) is 14.5. The highest BCUT2D eigenvalue weighted by atomic mass is 35.7. The molecule has 0 heterocycles. The van der Waals surface area contributed by atoms with Gasteiger partial charge in [0, 0.05) is 22.8 Å². The van der Waals surface area contributed by atoms with Crippen LogP contribution in [-0.4, -0.2) is 32.3 Å². The van der Waals surface area contributed by atoms with Gasteiger partial charge in [0.05, 0.1) is 11.4 Å². The largest absolute Gasteiger partial charge is 0.328 e. The van der Waals surface area contributed by atoms with Gasteiger partial charge >= 0.3 is 0 Å². The molecule has 19 heavy (non-hydrogen) atoms. The Morgan fingerprint density at radius 2 is 1.95 bits per heavy atom. The SMILES string of the molecule is C#CCN(CCC)C(=O)c1ccc(S(=O)(=O)Cl)cc1. The van der Waals surface area contributed by atoms with Crippen LogP contribution in [-0.2, 0) is 9.05 Å². The van der Waals surface area contributed by atoms with Crippen LogP contribution in [0.4, 0.5) is 0 Å². The molecule has 0 saturated heterocycles. The number of hydrogen-bond donors (Lipinski definition) is 0. The second kappa shape index (κ2) is 6.60. The van der Waals surface area contributed by atoms with Gasteiger partial charge < -0.3 is 4.90 Å². The van der Waals surface area contributed by atoms with Gasteiger partial charge in [0.2, 0.25) is 0 Å². The first-order valence-corrected chi connectivity index (χ1v) is 7.98. The van der Waals surface area contributed by atoms with Crippen molar-refractivity contribution in [2.45, 2.75) is 18.2 Å². The molecule has 0 aliphatic rings. The van der Waals surface area contributed by atoms with Crippen LogP contribution in [0.2, 0.25) is 0 Å². The summed E-state index contributed by atoms with van der Waals surface area (Å²) in [7, 11) is 1.43. The zero-order valence-corrected chi connectivity index (χ0v) is 12.0. The summed E-state index contributed by atoms with van der Waals surface area (Å²) in [4.78, 5) is 13.6. The lowest BCUT2D eigenvalue weighted by molar-refractivity contribution is 0.0777. The number of terminal acetylenes is 1. The van der Waals surface area contributed by atoms with Crippen LogP contribution in [0.1, 0.15) is 23.7 Å². The summed E-state index contributed by atoms with van der Waals surface area (Å²) in [6.07, 6.45) is 6.01. The molecule has 0 aliphatic carbocycles. The molecule has 0 bridgehead atoms. The maximum Gasteiger partial charge on any atom is 0.261 e. The third-order valence-corrected chi connectivity index (χ3v) is 3.82. The molecule has 0 aromatic heterocycles. The van der Waals surface area contributed by atoms with Crippen LogP contribution in [0, 0.1) is 12.3 Å². The van der Waals surface area contributed by atoms with E-state index in [1.54, 1.807) is 0 Å². The maximum atomic E-state index is 12.1. The highest BCUT2D eigenvalue weighted by molar-refractivity contribution is 8.13. The summed E-state index contributed by atoms with van der Waals surface area (Å²) >= 11 is 0. The fourth-order valence-corrected chi connectivity index (χ4v) is 2.34. The second-order valence-electron chi connectivity index (χ2n) is 3.89. The van der Waals surface area contributed by atoms with Gasteiger partial charge in [-0.3, -0.25) is 4.79 Å². The van der Waals surface area contributed by atoms with Crippen molar-refractivity contribution in [3.8, 4) is 12.3 Å². The average Bonchev–Trinajstić information content (AvgIpc) is 2.37. The summed E-state index contributed by atoms with van der Waals surface area (Å²) in [5, 5.41) is 0. The van der Waals surface area contributed by atoms with E-state index in [1.807, 2.05) is 6.92 Å². The first-order valence-electron chi connectivity index (χ1n) is 5.67. The number of benzene rings is 1. The lowest BCUT2D eigenvalue weighted by atomic mass is 10.2. The molecule has 0 N–H and O–H groups in total. The van der Waals surface area contributed by atoms with Crippen LogP contribution >= 0.6 is 10.7 Å². The Balaban J connectivity index is 2.97. The van der Waals surface area contributed by atoms with Gasteiger partial charge in [-0.15, -0.1) is 6.42 Å². The zero-order valence-electron chi connectivity index (χ0n) is 10.5. The molecule has 1 rings (SSSR count). The normalized spacial score (nSPS) is 10.8. The first-order chi connectivity index (χ1) is 8.90. The van der Waals surface area contributed by atoms with Crippen molar-refractivity contribution in [1.29, 1.82) is 0 Å². The van der Waals surface area contributed by atoms with Crippen molar-refractivity contribution in [3.05, 3.63) is 29.8 Å². The van der Waals surface area contributed by atoms with Crippen LogP contribution < -0.4 is 0 Å². The number of carbonyl (C=O) groups excluding carboxylic acids is 1. The fraction of sp³-hybridized carbons (Fsp3) is 0.308. The smallest absolute Gasteiger partial charge is 0.261 e. The van der Waals surface area contributed by atoms with Crippen molar-refractivity contribution >= 4 is 25.6 Å². The Morgan fingerprint density at radius 1 is 1.37 bits per heavy atom. The molecular formula is C13H14ClNO3S. The van der Waals surface area contributed by atoms with Crippen molar-refractivity contribution < 1.29 is 13.2 Å². The maximum absolute atomic E-state index is 12.1. The number of carbonyl (C=O) groups is 1. The quantitative estimate of drug-likeness (QED) is 0.618. The summed E-state index contributed by atoms with van der Waals surface area (Å²) in [5.41, 5.74) is 0.382. The number of amides is 1. The molecule has 0 spiro atoms. The molecule has 0 saturated carbocycles. The Hall–Kier alpha value is -1.51. The van der Waals surface area contributed by atoms with Crippen LogP contribution in [0.25, 0.3) is 0 Å². The number of hydrogen-bond acceptors (Lipinski definition) is 3. The molecule has 1 amide bonds. The Bertz CT molecular complexity index is 587. The van der Waals surface area contributed by atoms with Crippen LogP contribution in [0.15, 0.2) is 29.2 Å². The number of halogens is 1. The summed E-state index contributed by atoms with van der Waals surface area (Å²) < 4.78 is 22.2. The van der Waals surface area contributed by atoms with Crippen LogP contribution in [0.3, 0.4) is 0 Å². The third kappa shape index (κ3) is 4.27. The topological polar surface area (TPSA) is 54.5 Å². The highest BCUT2D eigenvalue weighted by Gasteiger charge is 2.15. The highest BCUT2D eigenvalue weighted by Crippen LogP contribution is 2.16. The van der Waals surface area contributed by atoms with Crippen molar-refractivity contribution in [3.63, 3.8) is 0 Å². The first kappa shape index (κ1) is 15.5. The van der Waals surface area contributed by atoms with E-state index < -0.39 is 9.05 Å². The molecule has 0 fully saturated rings. The molecule has 1 aromatic rings. The van der Waals surface area contributed by atoms with Gasteiger partial charge in [-0.1, -0.05) is 12.8 Å². The average molecular weight is 300 g/mol. The monoisotopic (exact) mass is 299 g/mol. The molecule has 0 aliphatic heterocycles. The van der Waals surface area contributed by atoms with Crippen molar-refractivity contribution in [2.24, 2.45) is 0 Å². The van der Waals surface area contributed by atoms with Gasteiger partial charge in [0.1, 0.15) is 0 Å². The fourth-order valence-electron chi connectivity index (χ4n) is 1.58. The molecule has 4 nitrogen and oxygen atoms in total. The van der Waals surface area contributed by atoms with Gasteiger partial charge in [-0.2, -0.15) is 0 Å². The van der Waals surface area contributed by atoms with E-state index in [-0.39, 0.29) is 17.3 Å². The van der Waals surface area contributed by atoms with Gasteiger partial charge in [0.25, 0.3) is 15.0 Å². The van der Waals surface area contributed by atoms with E-state index in [0.29, 0.717) is 12.1 Å². The van der Waals surface area contributed by atoms with E-state index in [1.165, 1.54) is 29.2 Å². The molecule has 102 valence electrons. The van der Waals surface area contributed by atoms with E-state index in [9.17, 15) is 13.2 Å². The van der Waals surface area contributed by atoms with Crippen LogP contribution in [0.5, 0.6) is 0 Å². The number of nitrogens with zero attached hydrogens (tertiary/aromatic N) is 1. The predicted octanol–water partition coefficient (Wildman–Crippen LogP) is 2.10. The Kier molecular flexibility index (Phi) is 5.40. The molecule has 0 unspecified atom stereocenters. The lowest BCUT2D eigenvalue weighted by Crippen LogP contribution is -2.32. The minimum atomic E-state index is -3.77. The summed E-state index contributed by atoms with van der Waals surface area (Å²) in [6.45, 7) is 2.72. The summed E-state index contributed by atoms with van der Waals surface area (Å²) in [5.74, 6) is 2.20. The van der Waals surface area contributed by atoms with E-state index in [0.717, 1.165) is 6.42 Å². The van der Waals surface area contributed by atoms with Crippen molar-refractivity contribution in [2.75, 3.05) is 13.1 Å².